The number of nitrogens with one attached hydrogen (secondary N) is 2. The van der Waals surface area contributed by atoms with Crippen LogP contribution in [0, 0.1) is 0 Å². The van der Waals surface area contributed by atoms with Gasteiger partial charge in [-0.15, -0.1) is 0 Å². The van der Waals surface area contributed by atoms with Gasteiger partial charge in [0.25, 0.3) is 0 Å². The van der Waals surface area contributed by atoms with Crippen LogP contribution < -0.4 is 16.6 Å². The van der Waals surface area contributed by atoms with Crippen molar-refractivity contribution in [3.63, 3.8) is 0 Å². The molecule has 0 aliphatic heterocycles. The predicted octanol–water partition coefficient (Wildman–Crippen LogP) is -0.0471. The van der Waals surface area contributed by atoms with Gasteiger partial charge in [0.2, 0.25) is 0 Å². The molecule has 70 valence electrons. The zero-order valence-electron chi connectivity index (χ0n) is 7.38. The Morgan fingerprint density at radius 2 is 2.08 bits per heavy atom. The lowest BCUT2D eigenvalue weighted by molar-refractivity contribution is 0.115. The van der Waals surface area contributed by atoms with Gasteiger partial charge in [0.05, 0.1) is 11.3 Å². The van der Waals surface area contributed by atoms with Crippen LogP contribution in [0.3, 0.4) is 0 Å². The number of nitrogens with two attached hydrogens (primary N) is 1. The summed E-state index contributed by atoms with van der Waals surface area (Å²) in [5.41, 5.74) is 9.76. The fraction of sp³-hybridized carbons (Fsp3) is 0.667. The van der Waals surface area contributed by atoms with Crippen molar-refractivity contribution in [1.82, 2.24) is 10.9 Å². The van der Waals surface area contributed by atoms with Crippen molar-refractivity contribution in [1.29, 1.82) is 0 Å². The molecule has 0 aromatic carbocycles. The van der Waals surface area contributed by atoms with Crippen molar-refractivity contribution in [2.45, 2.75) is 26.3 Å². The summed E-state index contributed by atoms with van der Waals surface area (Å²) in [5, 5.41) is 12.7. The van der Waals surface area contributed by atoms with Crippen molar-refractivity contribution in [2.24, 2.45) is 10.8 Å². The highest BCUT2D eigenvalue weighted by atomic mass is 32.1. The van der Waals surface area contributed by atoms with E-state index in [0.29, 0.717) is 5.71 Å². The molecule has 0 radical (unpaired) electrons. The van der Waals surface area contributed by atoms with Crippen molar-refractivity contribution in [3.05, 3.63) is 0 Å². The topological polar surface area (TPSA) is 82.7 Å². The fourth-order valence-corrected chi connectivity index (χ4v) is 0.405. The maximum absolute atomic E-state index is 8.71. The number of rotatable bonds is 3. The van der Waals surface area contributed by atoms with Crippen LogP contribution in [0.25, 0.3) is 0 Å². The summed E-state index contributed by atoms with van der Waals surface area (Å²) in [6, 6.07) is 0. The second kappa shape index (κ2) is 4.34. The van der Waals surface area contributed by atoms with E-state index in [2.05, 4.69) is 28.2 Å². The fourth-order valence-electron chi connectivity index (χ4n) is 0.360. The minimum absolute atomic E-state index is 0.100. The third-order valence-corrected chi connectivity index (χ3v) is 1.61. The van der Waals surface area contributed by atoms with Gasteiger partial charge in [-0.05, 0) is 33.0 Å². The highest BCUT2D eigenvalue weighted by Gasteiger charge is 2.19. The minimum atomic E-state index is -0.586. The van der Waals surface area contributed by atoms with E-state index in [-0.39, 0.29) is 5.11 Å². The Bertz CT molecular complexity index is 202. The summed E-state index contributed by atoms with van der Waals surface area (Å²) in [7, 11) is 0. The zero-order chi connectivity index (χ0) is 9.78. The molecule has 0 bridgehead atoms. The maximum Gasteiger partial charge on any atom is 0.184 e. The number of hydroxylamine groups is 1. The number of hydrogen-bond acceptors (Lipinski definition) is 4. The van der Waals surface area contributed by atoms with Crippen LogP contribution in [0.5, 0.6) is 0 Å². The van der Waals surface area contributed by atoms with Crippen LogP contribution in [0.1, 0.15) is 20.8 Å². The SMILES string of the molecule is CC(=NNC(N)=S)C(C)(C)NO. The molecule has 5 nitrogen and oxygen atoms in total. The summed E-state index contributed by atoms with van der Waals surface area (Å²) in [4.78, 5) is 0. The Morgan fingerprint density at radius 1 is 1.58 bits per heavy atom. The van der Waals surface area contributed by atoms with Crippen molar-refractivity contribution in [2.75, 3.05) is 0 Å². The van der Waals surface area contributed by atoms with Crippen LogP contribution in [-0.4, -0.2) is 21.6 Å². The third-order valence-electron chi connectivity index (χ3n) is 1.52. The molecule has 0 aliphatic carbocycles. The highest BCUT2D eigenvalue weighted by Crippen LogP contribution is 2.02. The molecule has 0 heterocycles. The van der Waals surface area contributed by atoms with E-state index in [4.69, 9.17) is 10.9 Å². The molecule has 0 aromatic heterocycles. The molecular formula is C6H14N4OS. The van der Waals surface area contributed by atoms with Gasteiger partial charge in [-0.3, -0.25) is 5.43 Å². The number of nitrogens with zero attached hydrogens (tertiary/aromatic N) is 1. The van der Waals surface area contributed by atoms with Crippen molar-refractivity contribution >= 4 is 23.0 Å². The molecule has 0 fully saturated rings. The standard InChI is InChI=1S/C6H14N4OS/c1-4(6(2,3)10-11)8-9-5(7)12/h10-11H,1-3H3,(H3,7,9,12). The van der Waals surface area contributed by atoms with E-state index in [1.165, 1.54) is 0 Å². The van der Waals surface area contributed by atoms with Gasteiger partial charge >= 0.3 is 0 Å². The van der Waals surface area contributed by atoms with Gasteiger partial charge in [0.15, 0.2) is 5.11 Å². The molecule has 5 N–H and O–H groups in total. The molecular weight excluding hydrogens is 176 g/mol. The van der Waals surface area contributed by atoms with E-state index in [1.54, 1.807) is 20.8 Å². The summed E-state index contributed by atoms with van der Waals surface area (Å²) in [5.74, 6) is 0. The smallest absolute Gasteiger partial charge is 0.184 e. The van der Waals surface area contributed by atoms with Gasteiger partial charge in [0.1, 0.15) is 0 Å². The largest absolute Gasteiger partial charge is 0.375 e. The highest BCUT2D eigenvalue weighted by molar-refractivity contribution is 7.80. The second-order valence-corrected chi connectivity index (χ2v) is 3.35. The van der Waals surface area contributed by atoms with Crippen molar-refractivity contribution < 1.29 is 5.21 Å². The zero-order valence-corrected chi connectivity index (χ0v) is 8.20. The van der Waals surface area contributed by atoms with Crippen LogP contribution in [-0.2, 0) is 0 Å². The summed E-state index contributed by atoms with van der Waals surface area (Å²) >= 11 is 4.55. The normalized spacial score (nSPS) is 12.8. The number of thiocarbonyl (C=S) groups is 1. The van der Waals surface area contributed by atoms with Crippen LogP contribution >= 0.6 is 12.2 Å². The Hall–Kier alpha value is -0.720. The molecule has 0 saturated carbocycles. The van der Waals surface area contributed by atoms with Crippen LogP contribution in [0.2, 0.25) is 0 Å². The average molecular weight is 190 g/mol. The molecule has 12 heavy (non-hydrogen) atoms. The first-order valence-corrected chi connectivity index (χ1v) is 3.82. The molecule has 0 spiro atoms. The Morgan fingerprint density at radius 3 is 2.42 bits per heavy atom. The lowest BCUT2D eigenvalue weighted by Crippen LogP contribution is -2.44. The summed E-state index contributed by atoms with van der Waals surface area (Å²) in [6.45, 7) is 5.29. The predicted molar refractivity (Wildman–Crippen MR) is 52.0 cm³/mol. The lowest BCUT2D eigenvalue weighted by atomic mass is 10.0. The lowest BCUT2D eigenvalue weighted by Gasteiger charge is -2.21. The van der Waals surface area contributed by atoms with E-state index < -0.39 is 5.54 Å². The van der Waals surface area contributed by atoms with Gasteiger partial charge < -0.3 is 10.9 Å². The second-order valence-electron chi connectivity index (χ2n) is 2.91. The van der Waals surface area contributed by atoms with Gasteiger partial charge in [-0.1, -0.05) is 0 Å². The van der Waals surface area contributed by atoms with E-state index in [1.807, 2.05) is 0 Å². The quantitative estimate of drug-likeness (QED) is 0.285. The number of hydrazone groups is 1. The van der Waals surface area contributed by atoms with Gasteiger partial charge in [-0.2, -0.15) is 10.6 Å². The monoisotopic (exact) mass is 190 g/mol. The first kappa shape index (κ1) is 11.3. The molecule has 0 aromatic rings. The first-order chi connectivity index (χ1) is 5.40. The maximum atomic E-state index is 8.71. The summed E-state index contributed by atoms with van der Waals surface area (Å²) < 4.78 is 0. The third kappa shape index (κ3) is 3.61. The van der Waals surface area contributed by atoms with E-state index in [9.17, 15) is 0 Å². The van der Waals surface area contributed by atoms with Crippen molar-refractivity contribution in [3.8, 4) is 0 Å². The van der Waals surface area contributed by atoms with E-state index in [0.717, 1.165) is 0 Å². The number of hydrogen-bond donors (Lipinski definition) is 4. The Kier molecular flexibility index (Phi) is 4.08. The molecule has 0 amide bonds. The van der Waals surface area contributed by atoms with Gasteiger partial charge in [-0.25, -0.2) is 0 Å². The van der Waals surface area contributed by atoms with Gasteiger partial charge in [0, 0.05) is 0 Å². The molecule has 0 aliphatic rings. The average Bonchev–Trinajstić information content (AvgIpc) is 2.00. The minimum Gasteiger partial charge on any atom is -0.375 e. The molecule has 0 atom stereocenters. The first-order valence-electron chi connectivity index (χ1n) is 3.41. The molecule has 0 unspecified atom stereocenters. The molecule has 0 rings (SSSR count). The Labute approximate surface area is 77.0 Å². The Balaban J connectivity index is 4.26. The van der Waals surface area contributed by atoms with E-state index >= 15 is 0 Å². The van der Waals surface area contributed by atoms with Crippen LogP contribution in [0.15, 0.2) is 5.10 Å². The molecule has 0 saturated heterocycles. The molecule has 6 heteroatoms. The van der Waals surface area contributed by atoms with Crippen LogP contribution in [0.4, 0.5) is 0 Å². The summed E-state index contributed by atoms with van der Waals surface area (Å²) in [6.07, 6.45) is 0.